The smallest absolute Gasteiger partial charge is 0.191 e. The van der Waals surface area contributed by atoms with Crippen LogP contribution in [0.4, 0.5) is 17.3 Å². The quantitative estimate of drug-likeness (QED) is 0.616. The van der Waals surface area contributed by atoms with E-state index in [-0.39, 0.29) is 0 Å². The molecule has 2 rings (SSSR count). The van der Waals surface area contributed by atoms with E-state index in [0.717, 1.165) is 18.1 Å². The van der Waals surface area contributed by atoms with Crippen molar-refractivity contribution in [2.24, 2.45) is 0 Å². The maximum atomic E-state index is 5.98. The van der Waals surface area contributed by atoms with Crippen LogP contribution in [0.15, 0.2) is 29.4 Å². The fourth-order valence-electron chi connectivity index (χ4n) is 1.63. The van der Waals surface area contributed by atoms with Gasteiger partial charge in [0.1, 0.15) is 11.6 Å². The molecule has 7 heteroatoms. The van der Waals surface area contributed by atoms with Crippen LogP contribution in [0, 0.1) is 0 Å². The molecule has 0 amide bonds. The maximum absolute atomic E-state index is 5.98. The second-order valence-corrected chi connectivity index (χ2v) is 5.58. The first-order chi connectivity index (χ1) is 9.60. The molecule has 0 aliphatic heterocycles. The Hall–Kier alpha value is -1.17. The monoisotopic (exact) mass is 328 g/mol. The number of halogens is 2. The van der Waals surface area contributed by atoms with Crippen molar-refractivity contribution in [3.63, 3.8) is 0 Å². The van der Waals surface area contributed by atoms with Gasteiger partial charge in [0.15, 0.2) is 5.16 Å². The van der Waals surface area contributed by atoms with Crippen molar-refractivity contribution in [1.29, 1.82) is 0 Å². The number of nitrogens with one attached hydrogen (secondary N) is 2. The fraction of sp³-hybridized carbons (Fsp3) is 0.231. The summed E-state index contributed by atoms with van der Waals surface area (Å²) < 4.78 is 0. The molecule has 4 nitrogen and oxygen atoms in total. The summed E-state index contributed by atoms with van der Waals surface area (Å²) in [7, 11) is 0. The highest BCUT2D eigenvalue weighted by atomic mass is 35.5. The van der Waals surface area contributed by atoms with Crippen molar-refractivity contribution in [3.8, 4) is 0 Å². The molecule has 0 saturated carbocycles. The molecule has 2 N–H and O–H groups in total. The first kappa shape index (κ1) is 15.2. The van der Waals surface area contributed by atoms with E-state index >= 15 is 0 Å². The predicted octanol–water partition coefficient (Wildman–Crippen LogP) is 4.68. The molecule has 0 spiro atoms. The number of rotatable bonds is 5. The topological polar surface area (TPSA) is 49.8 Å². The highest BCUT2D eigenvalue weighted by molar-refractivity contribution is 7.98. The number of thioether (sulfide) groups is 1. The molecule has 0 aliphatic carbocycles. The number of hydrogen-bond donors (Lipinski definition) is 2. The van der Waals surface area contributed by atoms with Gasteiger partial charge in [-0.3, -0.25) is 0 Å². The summed E-state index contributed by atoms with van der Waals surface area (Å²) in [4.78, 5) is 8.77. The van der Waals surface area contributed by atoms with E-state index in [1.54, 1.807) is 18.2 Å². The molecule has 1 aromatic carbocycles. The molecule has 106 valence electrons. The average Bonchev–Trinajstić information content (AvgIpc) is 2.37. The van der Waals surface area contributed by atoms with E-state index in [0.29, 0.717) is 21.0 Å². The standard InChI is InChI=1S/C13H14Cl2N4S/c1-3-16-11-7-12(19-13(18-11)20-2)17-10-5-8(14)4-9(15)6-10/h4-7H,3H2,1-2H3,(H2,16,17,18,19). The third-order valence-corrected chi connectivity index (χ3v) is 3.37. The normalized spacial score (nSPS) is 10.4. The number of aromatic nitrogens is 2. The van der Waals surface area contributed by atoms with Crippen molar-refractivity contribution < 1.29 is 0 Å². The van der Waals surface area contributed by atoms with Gasteiger partial charge in [-0.1, -0.05) is 35.0 Å². The Balaban J connectivity index is 2.29. The summed E-state index contributed by atoms with van der Waals surface area (Å²) in [6.45, 7) is 2.82. The SMILES string of the molecule is CCNc1cc(Nc2cc(Cl)cc(Cl)c2)nc(SC)n1. The van der Waals surface area contributed by atoms with Gasteiger partial charge >= 0.3 is 0 Å². The van der Waals surface area contributed by atoms with Crippen molar-refractivity contribution in [3.05, 3.63) is 34.3 Å². The minimum Gasteiger partial charge on any atom is -0.370 e. The molecule has 0 fully saturated rings. The molecule has 0 aliphatic rings. The summed E-state index contributed by atoms with van der Waals surface area (Å²) in [5, 5.41) is 8.20. The summed E-state index contributed by atoms with van der Waals surface area (Å²) in [5.41, 5.74) is 0.788. The third kappa shape index (κ3) is 4.16. The second-order valence-electron chi connectivity index (χ2n) is 3.94. The van der Waals surface area contributed by atoms with Gasteiger partial charge in [-0.2, -0.15) is 0 Å². The van der Waals surface area contributed by atoms with Crippen LogP contribution >= 0.6 is 35.0 Å². The number of benzene rings is 1. The van der Waals surface area contributed by atoms with E-state index < -0.39 is 0 Å². The molecule has 0 unspecified atom stereocenters. The molecule has 0 bridgehead atoms. The lowest BCUT2D eigenvalue weighted by Gasteiger charge is -2.10. The van der Waals surface area contributed by atoms with Gasteiger partial charge in [0.05, 0.1) is 0 Å². The largest absolute Gasteiger partial charge is 0.370 e. The number of anilines is 3. The minimum atomic E-state index is 0.575. The minimum absolute atomic E-state index is 0.575. The third-order valence-electron chi connectivity index (χ3n) is 2.38. The number of hydrogen-bond acceptors (Lipinski definition) is 5. The molecule has 1 heterocycles. The van der Waals surface area contributed by atoms with Gasteiger partial charge in [-0.25, -0.2) is 9.97 Å². The highest BCUT2D eigenvalue weighted by Crippen LogP contribution is 2.26. The van der Waals surface area contributed by atoms with Crippen LogP contribution in [0.25, 0.3) is 0 Å². The van der Waals surface area contributed by atoms with Gasteiger partial charge < -0.3 is 10.6 Å². The molecule has 0 radical (unpaired) electrons. The average molecular weight is 329 g/mol. The van der Waals surface area contributed by atoms with Crippen LogP contribution in [0.2, 0.25) is 10.0 Å². The lowest BCUT2D eigenvalue weighted by molar-refractivity contribution is 0.967. The zero-order valence-corrected chi connectivity index (χ0v) is 13.4. The van der Waals surface area contributed by atoms with Crippen LogP contribution < -0.4 is 10.6 Å². The molecule has 2 aromatic rings. The van der Waals surface area contributed by atoms with E-state index in [1.807, 2.05) is 19.2 Å². The Labute approximate surface area is 132 Å². The molecular formula is C13H14Cl2N4S. The van der Waals surface area contributed by atoms with Crippen LogP contribution in [0.3, 0.4) is 0 Å². The first-order valence-electron chi connectivity index (χ1n) is 6.00. The van der Waals surface area contributed by atoms with Gasteiger partial charge in [-0.05, 0) is 31.4 Å². The van der Waals surface area contributed by atoms with Crippen molar-refractivity contribution in [2.75, 3.05) is 23.4 Å². The molecule has 0 atom stereocenters. The summed E-state index contributed by atoms with van der Waals surface area (Å²) in [6, 6.07) is 7.12. The van der Waals surface area contributed by atoms with E-state index in [9.17, 15) is 0 Å². The van der Waals surface area contributed by atoms with Gasteiger partial charge in [-0.15, -0.1) is 0 Å². The highest BCUT2D eigenvalue weighted by Gasteiger charge is 2.05. The zero-order valence-electron chi connectivity index (χ0n) is 11.1. The molecule has 20 heavy (non-hydrogen) atoms. The molecule has 0 saturated heterocycles. The van der Waals surface area contributed by atoms with E-state index in [4.69, 9.17) is 23.2 Å². The summed E-state index contributed by atoms with van der Waals surface area (Å²) in [6.07, 6.45) is 1.94. The second kappa shape index (κ2) is 7.02. The van der Waals surface area contributed by atoms with Gasteiger partial charge in [0, 0.05) is 28.3 Å². The van der Waals surface area contributed by atoms with Gasteiger partial charge in [0.25, 0.3) is 0 Å². The predicted molar refractivity (Wildman–Crippen MR) is 87.7 cm³/mol. The summed E-state index contributed by atoms with van der Waals surface area (Å²) >= 11 is 13.5. The van der Waals surface area contributed by atoms with Crippen molar-refractivity contribution in [2.45, 2.75) is 12.1 Å². The Morgan fingerprint density at radius 1 is 1.05 bits per heavy atom. The Morgan fingerprint density at radius 3 is 2.30 bits per heavy atom. The first-order valence-corrected chi connectivity index (χ1v) is 7.99. The maximum Gasteiger partial charge on any atom is 0.191 e. The van der Waals surface area contributed by atoms with Crippen LogP contribution in [0.5, 0.6) is 0 Å². The lowest BCUT2D eigenvalue weighted by Crippen LogP contribution is -2.03. The van der Waals surface area contributed by atoms with Crippen molar-refractivity contribution >= 4 is 52.3 Å². The van der Waals surface area contributed by atoms with E-state index in [2.05, 4.69) is 20.6 Å². The Morgan fingerprint density at radius 2 is 1.70 bits per heavy atom. The molecule has 1 aromatic heterocycles. The molecular weight excluding hydrogens is 315 g/mol. The fourth-order valence-corrected chi connectivity index (χ4v) is 2.53. The zero-order chi connectivity index (χ0) is 14.5. The van der Waals surface area contributed by atoms with Crippen LogP contribution in [0.1, 0.15) is 6.92 Å². The van der Waals surface area contributed by atoms with Crippen molar-refractivity contribution in [1.82, 2.24) is 9.97 Å². The van der Waals surface area contributed by atoms with Gasteiger partial charge in [0.2, 0.25) is 0 Å². The summed E-state index contributed by atoms with van der Waals surface area (Å²) in [5.74, 6) is 1.47. The van der Waals surface area contributed by atoms with Crippen LogP contribution in [-0.4, -0.2) is 22.8 Å². The van der Waals surface area contributed by atoms with Crippen LogP contribution in [-0.2, 0) is 0 Å². The Kier molecular flexibility index (Phi) is 5.34. The Bertz CT molecular complexity index is 587. The van der Waals surface area contributed by atoms with E-state index in [1.165, 1.54) is 11.8 Å². The lowest BCUT2D eigenvalue weighted by atomic mass is 10.3. The number of nitrogens with zero attached hydrogens (tertiary/aromatic N) is 2.